The molecule has 4 rings (SSSR count). The van der Waals surface area contributed by atoms with Crippen molar-refractivity contribution in [2.75, 3.05) is 0 Å². The Morgan fingerprint density at radius 2 is 1.75 bits per heavy atom. The molecule has 0 saturated heterocycles. The maximum absolute atomic E-state index is 14.3. The summed E-state index contributed by atoms with van der Waals surface area (Å²) in [5.74, 6) is -0.247. The highest BCUT2D eigenvalue weighted by Crippen LogP contribution is 2.42. The van der Waals surface area contributed by atoms with Gasteiger partial charge in [0.15, 0.2) is 29.0 Å². The smallest absolute Gasteiger partial charge is 0.424 e. The van der Waals surface area contributed by atoms with Crippen molar-refractivity contribution in [2.24, 2.45) is 0 Å². The first-order valence-corrected chi connectivity index (χ1v) is 10.00. The molecule has 3 heterocycles. The van der Waals surface area contributed by atoms with Crippen molar-refractivity contribution in [1.82, 2.24) is 24.3 Å². The number of hydrogen-bond acceptors (Lipinski definition) is 5. The van der Waals surface area contributed by atoms with Gasteiger partial charge in [0.2, 0.25) is 5.60 Å². The molecule has 0 saturated carbocycles. The molecule has 32 heavy (non-hydrogen) atoms. The molecule has 172 valence electrons. The van der Waals surface area contributed by atoms with Gasteiger partial charge in [0, 0.05) is 12.1 Å². The number of hydrogen-bond donors (Lipinski definition) is 1. The predicted octanol–water partition coefficient (Wildman–Crippen LogP) is 4.47. The van der Waals surface area contributed by atoms with E-state index in [2.05, 4.69) is 15.2 Å². The Balaban J connectivity index is 1.80. The van der Waals surface area contributed by atoms with E-state index in [1.54, 1.807) is 38.3 Å². The predicted molar refractivity (Wildman–Crippen MR) is 107 cm³/mol. The second kappa shape index (κ2) is 7.03. The molecule has 2 atom stereocenters. The maximum atomic E-state index is 14.3. The van der Waals surface area contributed by atoms with E-state index in [0.29, 0.717) is 29.8 Å². The molecule has 2 aromatic heterocycles. The van der Waals surface area contributed by atoms with Crippen molar-refractivity contribution in [3.05, 3.63) is 36.0 Å². The first-order chi connectivity index (χ1) is 14.7. The summed E-state index contributed by atoms with van der Waals surface area (Å²) in [6.07, 6.45) is -3.66. The molecule has 0 fully saturated rings. The van der Waals surface area contributed by atoms with Crippen molar-refractivity contribution in [1.29, 1.82) is 0 Å². The van der Waals surface area contributed by atoms with Gasteiger partial charge in [-0.15, -0.1) is 10.2 Å². The molecule has 0 bridgehead atoms. The molecule has 1 unspecified atom stereocenters. The van der Waals surface area contributed by atoms with E-state index in [0.717, 1.165) is 0 Å². The molecule has 0 amide bonds. The molecular weight excluding hydrogens is 430 g/mol. The van der Waals surface area contributed by atoms with Crippen molar-refractivity contribution in [3.63, 3.8) is 0 Å². The Hall–Kier alpha value is -2.95. The summed E-state index contributed by atoms with van der Waals surface area (Å²) in [6.45, 7) is 8.02. The molecule has 1 N–H and O–H groups in total. The molecule has 0 spiro atoms. The van der Waals surface area contributed by atoms with E-state index in [1.165, 1.54) is 22.9 Å². The van der Waals surface area contributed by atoms with Gasteiger partial charge in [0.25, 0.3) is 0 Å². The van der Waals surface area contributed by atoms with Crippen LogP contribution in [0.1, 0.15) is 46.5 Å². The normalized spacial score (nSPS) is 18.1. The molecule has 1 aliphatic rings. The number of benzene rings is 1. The fourth-order valence-corrected chi connectivity index (χ4v) is 3.73. The fraction of sp³-hybridized carbons (Fsp3) is 0.476. The van der Waals surface area contributed by atoms with E-state index in [4.69, 9.17) is 4.74 Å². The van der Waals surface area contributed by atoms with Crippen molar-refractivity contribution >= 4 is 0 Å². The standard InChI is InChI=1S/C21H23F4N5O2/c1-11-10-29-16(12-6-7-13(22)15(8-12)32-19(2,3)4)27-28-17(29)14-9-26-18(30(11)14)20(5,31)21(23,24)25/h6-9,11,31H,10H2,1-5H3/t11-,20?/m0/s1. The van der Waals surface area contributed by atoms with Crippen LogP contribution in [0.4, 0.5) is 17.6 Å². The number of halogens is 4. The lowest BCUT2D eigenvalue weighted by molar-refractivity contribution is -0.262. The average molecular weight is 453 g/mol. The fourth-order valence-electron chi connectivity index (χ4n) is 3.73. The van der Waals surface area contributed by atoms with Crippen LogP contribution in [0.25, 0.3) is 22.9 Å². The summed E-state index contributed by atoms with van der Waals surface area (Å²) in [7, 11) is 0. The van der Waals surface area contributed by atoms with Gasteiger partial charge in [-0.25, -0.2) is 9.37 Å². The number of aromatic nitrogens is 5. The van der Waals surface area contributed by atoms with Crippen LogP contribution in [0.2, 0.25) is 0 Å². The van der Waals surface area contributed by atoms with Gasteiger partial charge < -0.3 is 19.0 Å². The van der Waals surface area contributed by atoms with E-state index >= 15 is 0 Å². The van der Waals surface area contributed by atoms with Gasteiger partial charge in [0.1, 0.15) is 11.3 Å². The number of ether oxygens (including phenoxy) is 1. The monoisotopic (exact) mass is 453 g/mol. The zero-order valence-corrected chi connectivity index (χ0v) is 18.2. The van der Waals surface area contributed by atoms with Crippen LogP contribution in [-0.2, 0) is 12.1 Å². The Bertz CT molecular complexity index is 1170. The minimum Gasteiger partial charge on any atom is -0.485 e. The quantitative estimate of drug-likeness (QED) is 0.592. The molecule has 7 nitrogen and oxygen atoms in total. The van der Waals surface area contributed by atoms with E-state index in [-0.39, 0.29) is 12.3 Å². The van der Waals surface area contributed by atoms with Crippen LogP contribution in [0.15, 0.2) is 24.4 Å². The van der Waals surface area contributed by atoms with Crippen molar-refractivity contribution < 1.29 is 27.4 Å². The second-order valence-electron chi connectivity index (χ2n) is 9.07. The largest absolute Gasteiger partial charge is 0.485 e. The van der Waals surface area contributed by atoms with Crippen LogP contribution in [-0.4, -0.2) is 41.2 Å². The molecule has 1 aromatic carbocycles. The molecule has 11 heteroatoms. The second-order valence-corrected chi connectivity index (χ2v) is 9.07. The highest BCUT2D eigenvalue weighted by atomic mass is 19.4. The third kappa shape index (κ3) is 3.54. The van der Waals surface area contributed by atoms with Crippen LogP contribution in [0.3, 0.4) is 0 Å². The SMILES string of the molecule is C[C@H]1Cn2c(-c3ccc(F)c(OC(C)(C)C)c3)nnc2-c2cnc(C(C)(O)C(F)(F)F)n21. The number of fused-ring (bicyclic) bond motifs is 3. The first-order valence-electron chi connectivity index (χ1n) is 10.00. The average Bonchev–Trinajstić information content (AvgIpc) is 3.26. The summed E-state index contributed by atoms with van der Waals surface area (Å²) in [6, 6.07) is 3.85. The molecule has 0 aliphatic carbocycles. The third-order valence-electron chi connectivity index (χ3n) is 5.26. The van der Waals surface area contributed by atoms with E-state index < -0.39 is 35.1 Å². The van der Waals surface area contributed by atoms with Gasteiger partial charge >= 0.3 is 6.18 Å². The number of rotatable bonds is 3. The van der Waals surface area contributed by atoms with Gasteiger partial charge in [-0.05, 0) is 52.8 Å². The van der Waals surface area contributed by atoms with E-state index in [1.807, 2.05) is 0 Å². The lowest BCUT2D eigenvalue weighted by Crippen LogP contribution is -2.42. The number of alkyl halides is 3. The van der Waals surface area contributed by atoms with Crippen LogP contribution < -0.4 is 4.74 Å². The molecule has 3 aromatic rings. The lowest BCUT2D eigenvalue weighted by atomic mass is 10.0. The number of nitrogens with zero attached hydrogens (tertiary/aromatic N) is 5. The Labute approximate surface area is 181 Å². The molecular formula is C21H23F4N5O2. The zero-order valence-electron chi connectivity index (χ0n) is 18.2. The van der Waals surface area contributed by atoms with Gasteiger partial charge in [0.05, 0.1) is 12.2 Å². The Morgan fingerprint density at radius 3 is 2.38 bits per heavy atom. The molecule has 0 radical (unpaired) electrons. The minimum atomic E-state index is -4.90. The van der Waals surface area contributed by atoms with Crippen molar-refractivity contribution in [3.8, 4) is 28.7 Å². The van der Waals surface area contributed by atoms with E-state index in [9.17, 15) is 22.7 Å². The Kier molecular flexibility index (Phi) is 4.89. The van der Waals surface area contributed by atoms with Gasteiger partial charge in [-0.2, -0.15) is 13.2 Å². The minimum absolute atomic E-state index is 0.0600. The maximum Gasteiger partial charge on any atom is 0.424 e. The highest BCUT2D eigenvalue weighted by molar-refractivity contribution is 5.63. The summed E-state index contributed by atoms with van der Waals surface area (Å²) in [4.78, 5) is 3.88. The van der Waals surface area contributed by atoms with Crippen LogP contribution >= 0.6 is 0 Å². The van der Waals surface area contributed by atoms with Crippen molar-refractivity contribution in [2.45, 2.75) is 64.6 Å². The number of aliphatic hydroxyl groups is 1. The van der Waals surface area contributed by atoms with Crippen LogP contribution in [0, 0.1) is 5.82 Å². The summed E-state index contributed by atoms with van der Waals surface area (Å²) in [5, 5.41) is 18.5. The zero-order chi connectivity index (χ0) is 23.6. The van der Waals surface area contributed by atoms with Crippen LogP contribution in [0.5, 0.6) is 5.75 Å². The Morgan fingerprint density at radius 1 is 1.09 bits per heavy atom. The lowest BCUT2D eigenvalue weighted by Gasteiger charge is -2.31. The summed E-state index contributed by atoms with van der Waals surface area (Å²) >= 11 is 0. The number of imidazole rings is 1. The summed E-state index contributed by atoms with van der Waals surface area (Å²) < 4.78 is 63.3. The highest BCUT2D eigenvalue weighted by Gasteiger charge is 2.55. The topological polar surface area (TPSA) is 78.0 Å². The molecule has 1 aliphatic heterocycles. The van der Waals surface area contributed by atoms with Gasteiger partial charge in [-0.1, -0.05) is 0 Å². The summed E-state index contributed by atoms with van der Waals surface area (Å²) in [5.41, 5.74) is -2.89. The third-order valence-corrected chi connectivity index (χ3v) is 5.26. The van der Waals surface area contributed by atoms with Gasteiger partial charge in [-0.3, -0.25) is 0 Å². The first kappa shape index (κ1) is 22.3.